The quantitative estimate of drug-likeness (QED) is 0.715. The molecule has 0 spiro atoms. The van der Waals surface area contributed by atoms with Crippen LogP contribution in [0.4, 0.5) is 0 Å². The second-order valence-corrected chi connectivity index (χ2v) is 7.55. The summed E-state index contributed by atoms with van der Waals surface area (Å²) in [4.78, 5) is 2.22. The van der Waals surface area contributed by atoms with Gasteiger partial charge in [0.15, 0.2) is 5.03 Å². The molecule has 1 saturated heterocycles. The van der Waals surface area contributed by atoms with Crippen LogP contribution in [0.1, 0.15) is 24.6 Å². The second kappa shape index (κ2) is 6.43. The van der Waals surface area contributed by atoms with Gasteiger partial charge in [-0.15, -0.1) is 0 Å². The maximum absolute atomic E-state index is 12.6. The molecule has 2 heterocycles. The van der Waals surface area contributed by atoms with Crippen molar-refractivity contribution in [2.45, 2.75) is 37.9 Å². The van der Waals surface area contributed by atoms with Gasteiger partial charge >= 0.3 is 0 Å². The third-order valence-corrected chi connectivity index (χ3v) is 5.52. The van der Waals surface area contributed by atoms with Gasteiger partial charge < -0.3 is 10.2 Å². The number of H-pyrrole nitrogens is 1. The average molecular weight is 315 g/mol. The molecule has 0 saturated carbocycles. The number of hydrogen-bond acceptors (Lipinski definition) is 5. The van der Waals surface area contributed by atoms with E-state index >= 15 is 0 Å². The summed E-state index contributed by atoms with van der Waals surface area (Å²) in [6, 6.07) is -0.0364. The molecule has 1 aromatic heterocycles. The molecule has 2 rings (SSSR count). The first kappa shape index (κ1) is 16.4. The molecule has 7 nitrogen and oxygen atoms in total. The number of nitrogens with zero attached hydrogens (tertiary/aromatic N) is 2. The van der Waals surface area contributed by atoms with Crippen molar-refractivity contribution in [2.75, 3.05) is 27.2 Å². The molecular weight excluding hydrogens is 290 g/mol. The molecule has 0 amide bonds. The Morgan fingerprint density at radius 1 is 1.48 bits per heavy atom. The van der Waals surface area contributed by atoms with E-state index in [1.165, 1.54) is 0 Å². The summed E-state index contributed by atoms with van der Waals surface area (Å²) < 4.78 is 28.0. The zero-order valence-electron chi connectivity index (χ0n) is 13.1. The Labute approximate surface area is 126 Å². The average Bonchev–Trinajstić information content (AvgIpc) is 2.76. The summed E-state index contributed by atoms with van der Waals surface area (Å²) in [5, 5.41) is 9.85. The lowest BCUT2D eigenvalue weighted by molar-refractivity contribution is 0.188. The van der Waals surface area contributed by atoms with Crippen LogP contribution in [0.2, 0.25) is 0 Å². The van der Waals surface area contributed by atoms with Gasteiger partial charge in [-0.25, -0.2) is 13.1 Å². The SMILES string of the molecule is CNCc1c(S(=O)(=O)NC2CCN(C)CC2C)n[nH]c1C. The van der Waals surface area contributed by atoms with E-state index in [-0.39, 0.29) is 17.0 Å². The van der Waals surface area contributed by atoms with Gasteiger partial charge in [0.25, 0.3) is 10.0 Å². The smallest absolute Gasteiger partial charge is 0.260 e. The molecular formula is C13H25N5O2S. The zero-order chi connectivity index (χ0) is 15.6. The van der Waals surface area contributed by atoms with E-state index in [1.54, 1.807) is 7.05 Å². The standard InChI is InChI=1S/C13H25N5O2S/c1-9-8-18(4)6-5-12(9)17-21(19,20)13-11(7-14-3)10(2)15-16-13/h9,12,14,17H,5-8H2,1-4H3,(H,15,16). The van der Waals surface area contributed by atoms with Gasteiger partial charge in [0.05, 0.1) is 0 Å². The van der Waals surface area contributed by atoms with E-state index < -0.39 is 10.0 Å². The number of aromatic nitrogens is 2. The molecule has 1 aliphatic heterocycles. The van der Waals surface area contributed by atoms with Crippen molar-refractivity contribution in [3.05, 3.63) is 11.3 Å². The molecule has 2 atom stereocenters. The fourth-order valence-electron chi connectivity index (χ4n) is 2.82. The largest absolute Gasteiger partial charge is 0.316 e. The first-order valence-electron chi connectivity index (χ1n) is 7.24. The Hall–Kier alpha value is -0.960. The van der Waals surface area contributed by atoms with E-state index in [0.29, 0.717) is 12.1 Å². The molecule has 0 bridgehead atoms. The lowest BCUT2D eigenvalue weighted by Gasteiger charge is -2.34. The minimum atomic E-state index is -3.59. The molecule has 3 N–H and O–H groups in total. The van der Waals surface area contributed by atoms with Gasteiger partial charge in [-0.1, -0.05) is 6.92 Å². The predicted molar refractivity (Wildman–Crippen MR) is 81.5 cm³/mol. The van der Waals surface area contributed by atoms with Crippen LogP contribution in [0.5, 0.6) is 0 Å². The Balaban J connectivity index is 2.19. The minimum Gasteiger partial charge on any atom is -0.316 e. The molecule has 0 radical (unpaired) electrons. The number of aryl methyl sites for hydroxylation is 1. The fourth-order valence-corrected chi connectivity index (χ4v) is 4.40. The highest BCUT2D eigenvalue weighted by Crippen LogP contribution is 2.20. The molecule has 8 heteroatoms. The Bertz CT molecular complexity index is 583. The Morgan fingerprint density at radius 3 is 2.81 bits per heavy atom. The van der Waals surface area contributed by atoms with Crippen molar-refractivity contribution in [1.29, 1.82) is 0 Å². The number of piperidine rings is 1. The van der Waals surface area contributed by atoms with Gasteiger partial charge in [0, 0.05) is 30.4 Å². The molecule has 0 aromatic carbocycles. The predicted octanol–water partition coefficient (Wildman–Crippen LogP) is 0.0560. The summed E-state index contributed by atoms with van der Waals surface area (Å²) in [6.45, 7) is 6.18. The third-order valence-electron chi connectivity index (χ3n) is 4.06. The summed E-state index contributed by atoms with van der Waals surface area (Å²) in [5.41, 5.74) is 1.48. The minimum absolute atomic E-state index is 0.0364. The lowest BCUT2D eigenvalue weighted by Crippen LogP contribution is -2.49. The van der Waals surface area contributed by atoms with Gasteiger partial charge in [-0.05, 0) is 39.9 Å². The van der Waals surface area contributed by atoms with E-state index in [1.807, 2.05) is 6.92 Å². The Kier molecular flexibility index (Phi) is 5.03. The number of nitrogens with one attached hydrogen (secondary N) is 3. The van der Waals surface area contributed by atoms with Crippen LogP contribution >= 0.6 is 0 Å². The van der Waals surface area contributed by atoms with Crippen LogP contribution in [0.3, 0.4) is 0 Å². The molecule has 21 heavy (non-hydrogen) atoms. The van der Waals surface area contributed by atoms with E-state index in [9.17, 15) is 8.42 Å². The number of hydrogen-bond donors (Lipinski definition) is 3. The summed E-state index contributed by atoms with van der Waals surface area (Å²) in [5.74, 6) is 0.284. The molecule has 120 valence electrons. The van der Waals surface area contributed by atoms with Gasteiger partial charge in [-0.2, -0.15) is 5.10 Å². The van der Waals surface area contributed by atoms with Crippen molar-refractivity contribution in [3.63, 3.8) is 0 Å². The van der Waals surface area contributed by atoms with Crippen LogP contribution < -0.4 is 10.0 Å². The maximum atomic E-state index is 12.6. The number of likely N-dealkylation sites (tertiary alicyclic amines) is 1. The van der Waals surface area contributed by atoms with Crippen molar-refractivity contribution in [1.82, 2.24) is 25.1 Å². The summed E-state index contributed by atoms with van der Waals surface area (Å²) in [6.07, 6.45) is 0.821. The molecule has 2 unspecified atom stereocenters. The van der Waals surface area contributed by atoms with Gasteiger partial charge in [-0.3, -0.25) is 5.10 Å². The highest BCUT2D eigenvalue weighted by Gasteiger charge is 2.31. The molecule has 1 aliphatic rings. The van der Waals surface area contributed by atoms with Crippen LogP contribution in [0.15, 0.2) is 5.03 Å². The molecule has 1 fully saturated rings. The first-order valence-corrected chi connectivity index (χ1v) is 8.72. The zero-order valence-corrected chi connectivity index (χ0v) is 13.9. The van der Waals surface area contributed by atoms with E-state index in [4.69, 9.17) is 0 Å². The van der Waals surface area contributed by atoms with Gasteiger partial charge in [0.2, 0.25) is 0 Å². The van der Waals surface area contributed by atoms with E-state index in [0.717, 1.165) is 25.2 Å². The highest BCUT2D eigenvalue weighted by atomic mass is 32.2. The van der Waals surface area contributed by atoms with Crippen molar-refractivity contribution >= 4 is 10.0 Å². The summed E-state index contributed by atoms with van der Waals surface area (Å²) >= 11 is 0. The first-order chi connectivity index (χ1) is 9.85. The van der Waals surface area contributed by atoms with Crippen molar-refractivity contribution < 1.29 is 8.42 Å². The second-order valence-electron chi connectivity index (χ2n) is 5.92. The van der Waals surface area contributed by atoms with E-state index in [2.05, 4.69) is 39.1 Å². The van der Waals surface area contributed by atoms with Crippen molar-refractivity contribution in [3.8, 4) is 0 Å². The van der Waals surface area contributed by atoms with Crippen LogP contribution in [-0.2, 0) is 16.6 Å². The number of aromatic amines is 1. The monoisotopic (exact) mass is 315 g/mol. The molecule has 1 aromatic rings. The topological polar surface area (TPSA) is 90.1 Å². The van der Waals surface area contributed by atoms with Crippen molar-refractivity contribution in [2.24, 2.45) is 5.92 Å². The van der Waals surface area contributed by atoms with Gasteiger partial charge in [0.1, 0.15) is 0 Å². The highest BCUT2D eigenvalue weighted by molar-refractivity contribution is 7.89. The number of sulfonamides is 1. The maximum Gasteiger partial charge on any atom is 0.260 e. The van der Waals surface area contributed by atoms with Crippen LogP contribution in [0, 0.1) is 12.8 Å². The fraction of sp³-hybridized carbons (Fsp3) is 0.769. The lowest BCUT2D eigenvalue weighted by atomic mass is 9.95. The summed E-state index contributed by atoms with van der Waals surface area (Å²) in [7, 11) is 0.253. The van der Waals surface area contributed by atoms with Crippen LogP contribution in [0.25, 0.3) is 0 Å². The third kappa shape index (κ3) is 3.63. The normalized spacial score (nSPS) is 24.4. The Morgan fingerprint density at radius 2 is 2.19 bits per heavy atom. The van der Waals surface area contributed by atoms with Crippen LogP contribution in [-0.4, -0.2) is 56.7 Å². The number of rotatable bonds is 5. The molecule has 0 aliphatic carbocycles.